The van der Waals surface area contributed by atoms with E-state index in [4.69, 9.17) is 20.8 Å². The Kier molecular flexibility index (Phi) is 6.31. The smallest absolute Gasteiger partial charge is 0.296 e. The minimum Gasteiger partial charge on any atom is -0.494 e. The molecular weight excluding hydrogens is 464 g/mol. The predicted octanol–water partition coefficient (Wildman–Crippen LogP) is 6.47. The average Bonchev–Trinajstić information content (AvgIpc) is 3.15. The second-order valence-electron chi connectivity index (χ2n) is 8.66. The van der Waals surface area contributed by atoms with Crippen LogP contribution in [0.3, 0.4) is 0 Å². The van der Waals surface area contributed by atoms with E-state index in [1.54, 1.807) is 24.3 Å². The van der Waals surface area contributed by atoms with Crippen LogP contribution in [0.1, 0.15) is 59.6 Å². The number of fused-ring (bicyclic) bond motifs is 2. The Balaban J connectivity index is 1.68. The maximum Gasteiger partial charge on any atom is 0.296 e. The minimum absolute atomic E-state index is 0.0207. The summed E-state index contributed by atoms with van der Waals surface area (Å²) in [6.45, 7) is 4.61. The molecule has 178 valence electrons. The number of aryl methyl sites for hydroxylation is 1. The maximum atomic E-state index is 13.7. The summed E-state index contributed by atoms with van der Waals surface area (Å²) in [5.74, 6) is 0.741. The molecule has 35 heavy (non-hydrogen) atoms. The Bertz CT molecular complexity index is 1480. The molecule has 1 atom stereocenters. The van der Waals surface area contributed by atoms with Crippen LogP contribution in [0.4, 0.5) is 5.82 Å². The van der Waals surface area contributed by atoms with Crippen LogP contribution in [0.25, 0.3) is 11.0 Å². The third-order valence-electron chi connectivity index (χ3n) is 6.14. The number of halogens is 1. The summed E-state index contributed by atoms with van der Waals surface area (Å²) in [5.41, 5.74) is 1.80. The van der Waals surface area contributed by atoms with Crippen molar-refractivity contribution in [3.8, 4) is 5.75 Å². The van der Waals surface area contributed by atoms with Crippen LogP contribution >= 0.6 is 11.6 Å². The first-order valence-corrected chi connectivity index (χ1v) is 12.1. The number of nitrogens with zero attached hydrogens (tertiary/aromatic N) is 2. The fourth-order valence-corrected chi connectivity index (χ4v) is 4.65. The molecular formula is C28H25ClN2O4. The summed E-state index contributed by atoms with van der Waals surface area (Å²) in [5, 5.41) is 0.755. The molecule has 4 aromatic rings. The zero-order valence-corrected chi connectivity index (χ0v) is 20.3. The highest BCUT2D eigenvalue weighted by molar-refractivity contribution is 6.31. The normalized spacial score (nSPS) is 15.0. The van der Waals surface area contributed by atoms with Gasteiger partial charge < -0.3 is 9.15 Å². The fraction of sp³-hybridized carbons (Fsp3) is 0.250. The van der Waals surface area contributed by atoms with Gasteiger partial charge in [0.1, 0.15) is 17.2 Å². The van der Waals surface area contributed by atoms with Crippen LogP contribution in [-0.4, -0.2) is 17.5 Å². The lowest BCUT2D eigenvalue weighted by Crippen LogP contribution is -2.30. The van der Waals surface area contributed by atoms with E-state index in [0.29, 0.717) is 34.2 Å². The molecule has 7 heteroatoms. The van der Waals surface area contributed by atoms with Gasteiger partial charge in [-0.2, -0.15) is 0 Å². The standard InChI is InChI=1S/C28H25ClN2O4/c1-3-4-5-14-34-20-10-7-9-18(15-20)25-24-26(32)21-16-19(29)12-13-22(21)35-27(24)28(33)31(25)23-11-6-8-17(2)30-23/h6-13,15-16,25H,3-5,14H2,1-2H3. The molecule has 2 aromatic heterocycles. The number of pyridine rings is 1. The monoisotopic (exact) mass is 488 g/mol. The molecule has 2 aromatic carbocycles. The molecule has 3 heterocycles. The van der Waals surface area contributed by atoms with Crippen molar-refractivity contribution in [3.63, 3.8) is 0 Å². The summed E-state index contributed by atoms with van der Waals surface area (Å²) < 4.78 is 12.0. The lowest BCUT2D eigenvalue weighted by molar-refractivity contribution is 0.0970. The number of carbonyl (C=O) groups excluding carboxylic acids is 1. The fourth-order valence-electron chi connectivity index (χ4n) is 4.48. The number of benzene rings is 2. The SMILES string of the molecule is CCCCCOc1cccc(C2c3c(oc4ccc(Cl)cc4c3=O)C(=O)N2c2cccc(C)n2)c1. The van der Waals surface area contributed by atoms with Gasteiger partial charge in [0.15, 0.2) is 5.43 Å². The molecule has 0 radical (unpaired) electrons. The van der Waals surface area contributed by atoms with Gasteiger partial charge in [-0.05, 0) is 61.4 Å². The first kappa shape index (κ1) is 23.1. The Hall–Kier alpha value is -3.64. The maximum absolute atomic E-state index is 13.7. The van der Waals surface area contributed by atoms with E-state index >= 15 is 0 Å². The highest BCUT2D eigenvalue weighted by atomic mass is 35.5. The van der Waals surface area contributed by atoms with Gasteiger partial charge in [0.2, 0.25) is 5.76 Å². The number of aromatic nitrogens is 1. The van der Waals surface area contributed by atoms with Crippen molar-refractivity contribution in [2.24, 2.45) is 0 Å². The van der Waals surface area contributed by atoms with Crippen LogP contribution < -0.4 is 15.1 Å². The van der Waals surface area contributed by atoms with E-state index in [0.717, 1.165) is 30.5 Å². The van der Waals surface area contributed by atoms with Gasteiger partial charge >= 0.3 is 0 Å². The zero-order chi connectivity index (χ0) is 24.5. The van der Waals surface area contributed by atoms with E-state index in [1.807, 2.05) is 43.3 Å². The van der Waals surface area contributed by atoms with Crippen molar-refractivity contribution < 1.29 is 13.9 Å². The molecule has 0 bridgehead atoms. The Morgan fingerprint density at radius 2 is 1.89 bits per heavy atom. The van der Waals surface area contributed by atoms with Gasteiger partial charge in [-0.25, -0.2) is 4.98 Å². The van der Waals surface area contributed by atoms with Crippen molar-refractivity contribution in [2.45, 2.75) is 39.2 Å². The average molecular weight is 489 g/mol. The Morgan fingerprint density at radius 3 is 2.69 bits per heavy atom. The number of ether oxygens (including phenoxy) is 1. The summed E-state index contributed by atoms with van der Waals surface area (Å²) in [7, 11) is 0. The quantitative estimate of drug-likeness (QED) is 0.279. The van der Waals surface area contributed by atoms with Gasteiger partial charge in [0, 0.05) is 10.7 Å². The Morgan fingerprint density at radius 1 is 1.06 bits per heavy atom. The lowest BCUT2D eigenvalue weighted by Gasteiger charge is -2.24. The minimum atomic E-state index is -0.717. The van der Waals surface area contributed by atoms with Gasteiger partial charge in [-0.15, -0.1) is 0 Å². The van der Waals surface area contributed by atoms with Crippen LogP contribution in [0.5, 0.6) is 5.75 Å². The van der Waals surface area contributed by atoms with Crippen molar-refractivity contribution >= 4 is 34.3 Å². The number of rotatable bonds is 7. The second kappa shape index (κ2) is 9.55. The van der Waals surface area contributed by atoms with Crippen LogP contribution in [0, 0.1) is 6.92 Å². The van der Waals surface area contributed by atoms with E-state index in [1.165, 1.54) is 4.90 Å². The van der Waals surface area contributed by atoms with Crippen molar-refractivity contribution in [3.05, 3.63) is 98.5 Å². The van der Waals surface area contributed by atoms with E-state index in [-0.39, 0.29) is 16.8 Å². The first-order chi connectivity index (χ1) is 17.0. The molecule has 0 spiro atoms. The number of hydrogen-bond donors (Lipinski definition) is 0. The molecule has 0 fully saturated rings. The molecule has 0 saturated heterocycles. The third-order valence-corrected chi connectivity index (χ3v) is 6.38. The molecule has 0 N–H and O–H groups in total. The second-order valence-corrected chi connectivity index (χ2v) is 9.09. The molecule has 1 aliphatic heterocycles. The topological polar surface area (TPSA) is 72.6 Å². The van der Waals surface area contributed by atoms with Crippen LogP contribution in [0.2, 0.25) is 5.02 Å². The Labute approximate surface area is 208 Å². The van der Waals surface area contributed by atoms with E-state index in [9.17, 15) is 9.59 Å². The molecule has 0 saturated carbocycles. The highest BCUT2D eigenvalue weighted by Crippen LogP contribution is 2.41. The molecule has 1 aliphatic rings. The van der Waals surface area contributed by atoms with Gasteiger partial charge in [-0.3, -0.25) is 14.5 Å². The molecule has 5 rings (SSSR count). The lowest BCUT2D eigenvalue weighted by atomic mass is 9.98. The number of anilines is 1. The van der Waals surface area contributed by atoms with Crippen LogP contribution in [0.15, 0.2) is 69.9 Å². The van der Waals surface area contributed by atoms with Crippen LogP contribution in [-0.2, 0) is 0 Å². The van der Waals surface area contributed by atoms with Crippen molar-refractivity contribution in [2.75, 3.05) is 11.5 Å². The largest absolute Gasteiger partial charge is 0.494 e. The van der Waals surface area contributed by atoms with Gasteiger partial charge in [-0.1, -0.05) is 49.6 Å². The molecule has 1 unspecified atom stereocenters. The van der Waals surface area contributed by atoms with E-state index < -0.39 is 11.9 Å². The molecule has 1 amide bonds. The van der Waals surface area contributed by atoms with Gasteiger partial charge in [0.05, 0.1) is 23.6 Å². The summed E-state index contributed by atoms with van der Waals surface area (Å²) in [6, 6.07) is 17.1. The van der Waals surface area contributed by atoms with E-state index in [2.05, 4.69) is 11.9 Å². The first-order valence-electron chi connectivity index (χ1n) is 11.7. The number of carbonyl (C=O) groups is 1. The number of unbranched alkanes of at least 4 members (excludes halogenated alkanes) is 2. The summed E-state index contributed by atoms with van der Waals surface area (Å²) >= 11 is 6.17. The van der Waals surface area contributed by atoms with Gasteiger partial charge in [0.25, 0.3) is 5.91 Å². The third kappa shape index (κ3) is 4.30. The molecule has 0 aliphatic carbocycles. The number of hydrogen-bond acceptors (Lipinski definition) is 5. The van der Waals surface area contributed by atoms with Crippen molar-refractivity contribution in [1.82, 2.24) is 4.98 Å². The predicted molar refractivity (Wildman–Crippen MR) is 137 cm³/mol. The highest BCUT2D eigenvalue weighted by Gasteiger charge is 2.44. The summed E-state index contributed by atoms with van der Waals surface area (Å²) in [4.78, 5) is 33.5. The number of amides is 1. The molecule has 6 nitrogen and oxygen atoms in total. The summed E-state index contributed by atoms with van der Waals surface area (Å²) in [6.07, 6.45) is 3.16. The zero-order valence-electron chi connectivity index (χ0n) is 19.6. The van der Waals surface area contributed by atoms with Crippen molar-refractivity contribution in [1.29, 1.82) is 0 Å².